The second kappa shape index (κ2) is 5.81. The fourth-order valence-corrected chi connectivity index (χ4v) is 1.75. The molecule has 0 saturated heterocycles. The highest BCUT2D eigenvalue weighted by atomic mass is 79.9. The van der Waals surface area contributed by atoms with Crippen LogP contribution in [-0.2, 0) is 6.42 Å². The van der Waals surface area contributed by atoms with E-state index < -0.39 is 0 Å². The van der Waals surface area contributed by atoms with Crippen molar-refractivity contribution in [1.29, 1.82) is 0 Å². The van der Waals surface area contributed by atoms with Gasteiger partial charge in [-0.1, -0.05) is 0 Å². The van der Waals surface area contributed by atoms with E-state index in [1.807, 2.05) is 18.2 Å². The summed E-state index contributed by atoms with van der Waals surface area (Å²) in [6.07, 6.45) is 5.82. The maximum atomic E-state index is 5.55. The first-order chi connectivity index (χ1) is 8.29. The summed E-state index contributed by atoms with van der Waals surface area (Å²) in [5, 5.41) is 7.58. The van der Waals surface area contributed by atoms with Crippen LogP contribution in [0.4, 0.5) is 0 Å². The highest BCUT2D eigenvalue weighted by molar-refractivity contribution is 9.10. The maximum Gasteiger partial charge on any atom is 0.0544 e. The van der Waals surface area contributed by atoms with Gasteiger partial charge in [0.15, 0.2) is 0 Å². The largest absolute Gasteiger partial charge is 0.271 e. The number of hydrogen-bond donors (Lipinski definition) is 2. The van der Waals surface area contributed by atoms with E-state index in [0.717, 1.165) is 15.7 Å². The molecule has 0 amide bonds. The van der Waals surface area contributed by atoms with Gasteiger partial charge in [-0.15, -0.1) is 0 Å². The number of hydrogen-bond acceptors (Lipinski definition) is 5. The van der Waals surface area contributed by atoms with Gasteiger partial charge in [0.05, 0.1) is 12.2 Å². The Kier molecular flexibility index (Phi) is 4.13. The van der Waals surface area contributed by atoms with E-state index in [9.17, 15) is 0 Å². The number of halogens is 1. The molecule has 0 spiro atoms. The maximum absolute atomic E-state index is 5.55. The van der Waals surface area contributed by atoms with Crippen LogP contribution in [0.25, 0.3) is 0 Å². The second-order valence-corrected chi connectivity index (χ2v) is 4.48. The molecule has 0 aliphatic carbocycles. The first-order valence-corrected chi connectivity index (χ1v) is 5.92. The van der Waals surface area contributed by atoms with Gasteiger partial charge in [0.2, 0.25) is 0 Å². The monoisotopic (exact) mass is 293 g/mol. The van der Waals surface area contributed by atoms with Crippen molar-refractivity contribution >= 4 is 15.9 Å². The summed E-state index contributed by atoms with van der Waals surface area (Å²) in [6.45, 7) is 0. The quantitative estimate of drug-likeness (QED) is 0.658. The molecular weight excluding hydrogens is 282 g/mol. The van der Waals surface area contributed by atoms with Crippen molar-refractivity contribution in [3.05, 3.63) is 52.5 Å². The standard InChI is InChI=1S/C11H12BrN5/c12-9-1-2-10(14-7-9)5-11(17-13)8-3-4-15-16-6-8/h1-4,6-7,11,17H,5,13H2. The zero-order chi connectivity index (χ0) is 12.1. The molecular formula is C11H12BrN5. The second-order valence-electron chi connectivity index (χ2n) is 3.57. The molecule has 6 heteroatoms. The first kappa shape index (κ1) is 12.1. The van der Waals surface area contributed by atoms with Crippen LogP contribution in [0.1, 0.15) is 17.3 Å². The Morgan fingerprint density at radius 3 is 2.71 bits per heavy atom. The molecule has 2 rings (SSSR count). The summed E-state index contributed by atoms with van der Waals surface area (Å²) in [5.74, 6) is 5.55. The van der Waals surface area contributed by atoms with Crippen molar-refractivity contribution in [2.75, 3.05) is 0 Å². The summed E-state index contributed by atoms with van der Waals surface area (Å²) < 4.78 is 0.962. The number of nitrogens with one attached hydrogen (secondary N) is 1. The Hall–Kier alpha value is -1.37. The highest BCUT2D eigenvalue weighted by Gasteiger charge is 2.11. The van der Waals surface area contributed by atoms with Gasteiger partial charge >= 0.3 is 0 Å². The molecule has 0 fully saturated rings. The average Bonchev–Trinajstić information content (AvgIpc) is 2.39. The Balaban J connectivity index is 2.13. The zero-order valence-electron chi connectivity index (χ0n) is 9.05. The first-order valence-electron chi connectivity index (χ1n) is 5.13. The number of nitrogens with zero attached hydrogens (tertiary/aromatic N) is 3. The van der Waals surface area contributed by atoms with Crippen LogP contribution in [0.5, 0.6) is 0 Å². The predicted octanol–water partition coefficient (Wildman–Crippen LogP) is 1.38. The third-order valence-corrected chi connectivity index (χ3v) is 2.88. The average molecular weight is 294 g/mol. The van der Waals surface area contributed by atoms with Crippen molar-refractivity contribution in [2.24, 2.45) is 5.84 Å². The molecule has 0 aromatic carbocycles. The van der Waals surface area contributed by atoms with Gasteiger partial charge in [-0.25, -0.2) is 0 Å². The molecule has 0 aliphatic rings. The lowest BCUT2D eigenvalue weighted by molar-refractivity contribution is 0.543. The highest BCUT2D eigenvalue weighted by Crippen LogP contribution is 2.16. The van der Waals surface area contributed by atoms with Crippen molar-refractivity contribution < 1.29 is 0 Å². The fraction of sp³-hybridized carbons (Fsp3) is 0.182. The smallest absolute Gasteiger partial charge is 0.0544 e. The fourth-order valence-electron chi connectivity index (χ4n) is 1.52. The molecule has 88 valence electrons. The normalized spacial score (nSPS) is 12.4. The molecule has 1 unspecified atom stereocenters. The topological polar surface area (TPSA) is 76.7 Å². The number of nitrogens with two attached hydrogens (primary N) is 1. The number of rotatable bonds is 4. The Morgan fingerprint density at radius 2 is 2.12 bits per heavy atom. The lowest BCUT2D eigenvalue weighted by atomic mass is 10.0. The van der Waals surface area contributed by atoms with Gasteiger partial charge in [0.25, 0.3) is 0 Å². The molecule has 17 heavy (non-hydrogen) atoms. The van der Waals surface area contributed by atoms with Gasteiger partial charge in [0, 0.05) is 29.0 Å². The van der Waals surface area contributed by atoms with Gasteiger partial charge < -0.3 is 0 Å². The van der Waals surface area contributed by atoms with E-state index in [-0.39, 0.29) is 6.04 Å². The number of pyridine rings is 1. The number of aromatic nitrogens is 3. The van der Waals surface area contributed by atoms with E-state index in [0.29, 0.717) is 6.42 Å². The summed E-state index contributed by atoms with van der Waals surface area (Å²) in [6, 6.07) is 5.79. The molecule has 2 aromatic rings. The minimum Gasteiger partial charge on any atom is -0.271 e. The van der Waals surface area contributed by atoms with Gasteiger partial charge in [0.1, 0.15) is 0 Å². The van der Waals surface area contributed by atoms with Crippen LogP contribution in [0.2, 0.25) is 0 Å². The van der Waals surface area contributed by atoms with Crippen molar-refractivity contribution in [1.82, 2.24) is 20.6 Å². The van der Waals surface area contributed by atoms with Gasteiger partial charge in [-0.05, 0) is 39.7 Å². The molecule has 3 N–H and O–H groups in total. The molecule has 0 aliphatic heterocycles. The molecule has 2 heterocycles. The van der Waals surface area contributed by atoms with Gasteiger partial charge in [-0.2, -0.15) is 10.2 Å². The van der Waals surface area contributed by atoms with Crippen LogP contribution in [-0.4, -0.2) is 15.2 Å². The molecule has 1 atom stereocenters. The molecule has 0 bridgehead atoms. The van der Waals surface area contributed by atoms with Crippen molar-refractivity contribution in [3.8, 4) is 0 Å². The van der Waals surface area contributed by atoms with Crippen molar-refractivity contribution in [3.63, 3.8) is 0 Å². The Morgan fingerprint density at radius 1 is 1.24 bits per heavy atom. The summed E-state index contributed by atoms with van der Waals surface area (Å²) in [4.78, 5) is 4.31. The van der Waals surface area contributed by atoms with E-state index in [1.54, 1.807) is 18.6 Å². The Bertz CT molecular complexity index is 459. The van der Waals surface area contributed by atoms with Crippen molar-refractivity contribution in [2.45, 2.75) is 12.5 Å². The van der Waals surface area contributed by atoms with Crippen LogP contribution in [0.3, 0.4) is 0 Å². The molecule has 0 radical (unpaired) electrons. The molecule has 2 aromatic heterocycles. The van der Waals surface area contributed by atoms with E-state index >= 15 is 0 Å². The number of hydrazine groups is 1. The molecule has 5 nitrogen and oxygen atoms in total. The van der Waals surface area contributed by atoms with E-state index in [4.69, 9.17) is 5.84 Å². The lowest BCUT2D eigenvalue weighted by Crippen LogP contribution is -2.29. The Labute approximate surface area is 108 Å². The zero-order valence-corrected chi connectivity index (χ0v) is 10.6. The van der Waals surface area contributed by atoms with Gasteiger partial charge in [-0.3, -0.25) is 16.3 Å². The minimum absolute atomic E-state index is 0.0147. The van der Waals surface area contributed by atoms with E-state index in [2.05, 4.69) is 36.5 Å². The summed E-state index contributed by atoms with van der Waals surface area (Å²) >= 11 is 3.35. The third kappa shape index (κ3) is 3.29. The lowest BCUT2D eigenvalue weighted by Gasteiger charge is -2.14. The van der Waals surface area contributed by atoms with Crippen LogP contribution < -0.4 is 11.3 Å². The summed E-state index contributed by atoms with van der Waals surface area (Å²) in [5.41, 5.74) is 4.72. The van der Waals surface area contributed by atoms with Crippen LogP contribution >= 0.6 is 15.9 Å². The summed E-state index contributed by atoms with van der Waals surface area (Å²) in [7, 11) is 0. The molecule has 0 saturated carbocycles. The third-order valence-electron chi connectivity index (χ3n) is 2.41. The van der Waals surface area contributed by atoms with Crippen LogP contribution in [0, 0.1) is 0 Å². The van der Waals surface area contributed by atoms with E-state index in [1.165, 1.54) is 0 Å². The van der Waals surface area contributed by atoms with Crippen LogP contribution in [0.15, 0.2) is 41.3 Å². The minimum atomic E-state index is -0.0147. The predicted molar refractivity (Wildman–Crippen MR) is 67.7 cm³/mol. The SMILES string of the molecule is NNC(Cc1ccc(Br)cn1)c1ccnnc1.